The zero-order valence-corrected chi connectivity index (χ0v) is 10.5. The van der Waals surface area contributed by atoms with Crippen LogP contribution in [0, 0.1) is 0 Å². The highest BCUT2D eigenvalue weighted by molar-refractivity contribution is 5.96. The second-order valence-electron chi connectivity index (χ2n) is 4.22. The second-order valence-corrected chi connectivity index (χ2v) is 4.22. The first kappa shape index (κ1) is 13.2. The molecule has 0 spiro atoms. The van der Waals surface area contributed by atoms with Gasteiger partial charge in [-0.05, 0) is 24.6 Å². The van der Waals surface area contributed by atoms with E-state index in [-0.39, 0.29) is 18.1 Å². The summed E-state index contributed by atoms with van der Waals surface area (Å²) in [5.74, 6) is -0.350. The van der Waals surface area contributed by atoms with Crippen LogP contribution < -0.4 is 10.2 Å². The molecule has 0 aliphatic rings. The molecule has 17 heavy (non-hydrogen) atoms. The molecule has 0 saturated carbocycles. The maximum absolute atomic E-state index is 11.3. The van der Waals surface area contributed by atoms with Gasteiger partial charge in [0.1, 0.15) is 5.78 Å². The maximum Gasteiger partial charge on any atom is 0.227 e. The Kier molecular flexibility index (Phi) is 4.69. The fourth-order valence-electron chi connectivity index (χ4n) is 1.43. The first-order chi connectivity index (χ1) is 7.99. The highest BCUT2D eigenvalue weighted by atomic mass is 16.2. The minimum Gasteiger partial charge on any atom is -0.378 e. The molecule has 1 rings (SSSR count). The van der Waals surface area contributed by atoms with Crippen LogP contribution >= 0.6 is 0 Å². The molecule has 0 aliphatic carbocycles. The summed E-state index contributed by atoms with van der Waals surface area (Å²) >= 11 is 0. The number of nitrogens with zero attached hydrogens (tertiary/aromatic N) is 1. The lowest BCUT2D eigenvalue weighted by atomic mass is 10.2. The summed E-state index contributed by atoms with van der Waals surface area (Å²) in [7, 11) is 3.93. The Bertz CT molecular complexity index is 414. The van der Waals surface area contributed by atoms with E-state index in [1.807, 2.05) is 43.3 Å². The van der Waals surface area contributed by atoms with Crippen molar-refractivity contribution >= 4 is 17.4 Å². The van der Waals surface area contributed by atoms with E-state index in [0.717, 1.165) is 11.3 Å². The molecule has 0 saturated heterocycles. The third-order valence-electron chi connectivity index (χ3n) is 2.33. The van der Waals surface area contributed by atoms with Gasteiger partial charge < -0.3 is 10.2 Å². The number of Topliss-reactive ketones (excluding diaryl/α,β-unsaturated/α-hetero) is 1. The Morgan fingerprint density at radius 3 is 2.59 bits per heavy atom. The van der Waals surface area contributed by atoms with Crippen molar-refractivity contribution in [1.82, 2.24) is 5.32 Å². The van der Waals surface area contributed by atoms with Crippen molar-refractivity contribution in [3.8, 4) is 0 Å². The van der Waals surface area contributed by atoms with Crippen LogP contribution in [0.4, 0.5) is 5.69 Å². The predicted molar refractivity (Wildman–Crippen MR) is 67.9 cm³/mol. The zero-order chi connectivity index (χ0) is 12.8. The minimum atomic E-state index is -0.229. The number of carbonyl (C=O) groups is 2. The van der Waals surface area contributed by atoms with Gasteiger partial charge in [0.2, 0.25) is 5.91 Å². The Hall–Kier alpha value is -1.84. The van der Waals surface area contributed by atoms with Crippen LogP contribution in [0.15, 0.2) is 24.3 Å². The number of ketones is 1. The molecule has 1 N–H and O–H groups in total. The summed E-state index contributed by atoms with van der Waals surface area (Å²) in [6, 6.07) is 7.90. The van der Waals surface area contributed by atoms with E-state index in [2.05, 4.69) is 5.32 Å². The summed E-state index contributed by atoms with van der Waals surface area (Å²) in [4.78, 5) is 24.0. The molecule has 0 bridgehead atoms. The van der Waals surface area contributed by atoms with E-state index in [4.69, 9.17) is 0 Å². The highest BCUT2D eigenvalue weighted by Gasteiger charge is 2.04. The quantitative estimate of drug-likeness (QED) is 0.782. The van der Waals surface area contributed by atoms with Gasteiger partial charge in [-0.25, -0.2) is 0 Å². The molecule has 1 aromatic carbocycles. The Morgan fingerprint density at radius 2 is 2.00 bits per heavy atom. The summed E-state index contributed by atoms with van der Waals surface area (Å²) in [6.45, 7) is 1.86. The van der Waals surface area contributed by atoms with Crippen molar-refractivity contribution in [2.24, 2.45) is 0 Å². The fraction of sp³-hybridized carbons (Fsp3) is 0.385. The van der Waals surface area contributed by atoms with Gasteiger partial charge in [-0.3, -0.25) is 9.59 Å². The van der Waals surface area contributed by atoms with E-state index in [9.17, 15) is 9.59 Å². The van der Waals surface area contributed by atoms with E-state index in [1.54, 1.807) is 0 Å². The van der Waals surface area contributed by atoms with Crippen LogP contribution in [0.5, 0.6) is 0 Å². The van der Waals surface area contributed by atoms with E-state index < -0.39 is 0 Å². The summed E-state index contributed by atoms with van der Waals surface area (Å²) in [5.41, 5.74) is 2.11. The van der Waals surface area contributed by atoms with Crippen LogP contribution in [-0.4, -0.2) is 25.8 Å². The Labute approximate surface area is 102 Å². The number of anilines is 1. The summed E-state index contributed by atoms with van der Waals surface area (Å²) < 4.78 is 0. The highest BCUT2D eigenvalue weighted by Crippen LogP contribution is 2.13. The minimum absolute atomic E-state index is 0.0482. The molecule has 0 radical (unpaired) electrons. The number of nitrogens with one attached hydrogen (secondary N) is 1. The van der Waals surface area contributed by atoms with Gasteiger partial charge >= 0.3 is 0 Å². The number of hydrogen-bond acceptors (Lipinski definition) is 3. The van der Waals surface area contributed by atoms with E-state index in [1.165, 1.54) is 6.92 Å². The van der Waals surface area contributed by atoms with Gasteiger partial charge in [-0.15, -0.1) is 0 Å². The van der Waals surface area contributed by atoms with E-state index >= 15 is 0 Å². The van der Waals surface area contributed by atoms with Crippen molar-refractivity contribution in [2.75, 3.05) is 19.0 Å². The number of amides is 1. The number of carbonyl (C=O) groups excluding carboxylic acids is 2. The molecule has 4 heteroatoms. The number of benzene rings is 1. The van der Waals surface area contributed by atoms with Crippen LogP contribution in [0.25, 0.3) is 0 Å². The monoisotopic (exact) mass is 234 g/mol. The Morgan fingerprint density at radius 1 is 1.29 bits per heavy atom. The molecular formula is C13H18N2O2. The average molecular weight is 234 g/mol. The lowest BCUT2D eigenvalue weighted by Crippen LogP contribution is -2.24. The first-order valence-electron chi connectivity index (χ1n) is 5.51. The Balaban J connectivity index is 2.54. The number of rotatable bonds is 5. The molecule has 1 aromatic rings. The van der Waals surface area contributed by atoms with Crippen LogP contribution in [-0.2, 0) is 16.1 Å². The fourth-order valence-corrected chi connectivity index (χ4v) is 1.43. The molecule has 0 aliphatic heterocycles. The topological polar surface area (TPSA) is 49.4 Å². The predicted octanol–water partition coefficient (Wildman–Crippen LogP) is 1.35. The normalized spacial score (nSPS) is 9.82. The van der Waals surface area contributed by atoms with Gasteiger partial charge in [0.15, 0.2) is 0 Å². The molecule has 4 nitrogen and oxygen atoms in total. The largest absolute Gasteiger partial charge is 0.378 e. The molecule has 0 heterocycles. The SMILES string of the molecule is CC(=O)CC(=O)NCc1cccc(N(C)C)c1. The molecule has 0 fully saturated rings. The standard InChI is InChI=1S/C13H18N2O2/c1-10(16)7-13(17)14-9-11-5-4-6-12(8-11)15(2)3/h4-6,8H,7,9H2,1-3H3,(H,14,17). The molecule has 0 atom stereocenters. The van der Waals surface area contributed by atoms with Crippen molar-refractivity contribution < 1.29 is 9.59 Å². The van der Waals surface area contributed by atoms with Crippen molar-refractivity contribution in [3.05, 3.63) is 29.8 Å². The zero-order valence-electron chi connectivity index (χ0n) is 10.5. The van der Waals surface area contributed by atoms with Gasteiger partial charge in [0.25, 0.3) is 0 Å². The lowest BCUT2D eigenvalue weighted by molar-refractivity contribution is -0.127. The lowest BCUT2D eigenvalue weighted by Gasteiger charge is -2.13. The van der Waals surface area contributed by atoms with Crippen LogP contribution in [0.3, 0.4) is 0 Å². The van der Waals surface area contributed by atoms with Crippen LogP contribution in [0.1, 0.15) is 18.9 Å². The van der Waals surface area contributed by atoms with Crippen LogP contribution in [0.2, 0.25) is 0 Å². The third-order valence-corrected chi connectivity index (χ3v) is 2.33. The van der Waals surface area contributed by atoms with Gasteiger partial charge in [0.05, 0.1) is 6.42 Å². The number of hydrogen-bond donors (Lipinski definition) is 1. The van der Waals surface area contributed by atoms with Crippen molar-refractivity contribution in [3.63, 3.8) is 0 Å². The van der Waals surface area contributed by atoms with Gasteiger partial charge in [-0.1, -0.05) is 12.1 Å². The van der Waals surface area contributed by atoms with Gasteiger partial charge in [-0.2, -0.15) is 0 Å². The molecule has 0 aromatic heterocycles. The maximum atomic E-state index is 11.3. The molecule has 1 amide bonds. The average Bonchev–Trinajstić information content (AvgIpc) is 2.26. The smallest absolute Gasteiger partial charge is 0.227 e. The van der Waals surface area contributed by atoms with Gasteiger partial charge in [0, 0.05) is 26.3 Å². The van der Waals surface area contributed by atoms with Crippen molar-refractivity contribution in [2.45, 2.75) is 19.9 Å². The molecular weight excluding hydrogens is 216 g/mol. The summed E-state index contributed by atoms with van der Waals surface area (Å²) in [5, 5.41) is 2.72. The van der Waals surface area contributed by atoms with E-state index in [0.29, 0.717) is 6.54 Å². The molecule has 0 unspecified atom stereocenters. The molecule has 92 valence electrons. The summed E-state index contributed by atoms with van der Waals surface area (Å²) in [6.07, 6.45) is -0.0482. The third kappa shape index (κ3) is 4.68. The van der Waals surface area contributed by atoms with Crippen molar-refractivity contribution in [1.29, 1.82) is 0 Å². The first-order valence-corrected chi connectivity index (χ1v) is 5.51. The second kappa shape index (κ2) is 6.03.